The first kappa shape index (κ1) is 13.6. The fourth-order valence-electron chi connectivity index (χ4n) is 2.44. The predicted molar refractivity (Wildman–Crippen MR) is 73.8 cm³/mol. The molecular weight excluding hydrogens is 246 g/mol. The van der Waals surface area contributed by atoms with Gasteiger partial charge in [0, 0.05) is 30.4 Å². The first-order valence-electron chi connectivity index (χ1n) is 6.37. The van der Waals surface area contributed by atoms with Crippen molar-refractivity contribution in [1.29, 1.82) is 0 Å². The summed E-state index contributed by atoms with van der Waals surface area (Å²) in [6, 6.07) is 5.28. The molecule has 1 unspecified atom stereocenters. The molecule has 1 aliphatic rings. The molecule has 1 aromatic rings. The summed E-state index contributed by atoms with van der Waals surface area (Å²) in [5.41, 5.74) is 0.858. The van der Waals surface area contributed by atoms with E-state index in [2.05, 4.69) is 17.3 Å². The van der Waals surface area contributed by atoms with Gasteiger partial charge in [0.2, 0.25) is 0 Å². The molecule has 1 heterocycles. The van der Waals surface area contributed by atoms with Gasteiger partial charge in [0.25, 0.3) is 0 Å². The van der Waals surface area contributed by atoms with Gasteiger partial charge in [0.1, 0.15) is 0 Å². The maximum atomic E-state index is 10.8. The standard InChI is InChI=1S/C13H19N3O3/c1-15-7-3-4-11(9-15)14-10-5-6-12(16(17)18)13(8-10)19-2/h5-6,8,11,14H,3-4,7,9H2,1-2H3. The highest BCUT2D eigenvalue weighted by Crippen LogP contribution is 2.30. The van der Waals surface area contributed by atoms with E-state index in [1.807, 2.05) is 0 Å². The van der Waals surface area contributed by atoms with Crippen molar-refractivity contribution in [2.24, 2.45) is 0 Å². The number of anilines is 1. The van der Waals surface area contributed by atoms with E-state index < -0.39 is 4.92 Å². The molecular formula is C13H19N3O3. The van der Waals surface area contributed by atoms with Gasteiger partial charge < -0.3 is 15.0 Å². The molecule has 0 saturated carbocycles. The molecule has 0 aliphatic carbocycles. The molecule has 6 heteroatoms. The molecule has 104 valence electrons. The largest absolute Gasteiger partial charge is 0.490 e. The Balaban J connectivity index is 2.10. The zero-order valence-electron chi connectivity index (χ0n) is 11.3. The summed E-state index contributed by atoms with van der Waals surface area (Å²) in [7, 11) is 3.55. The van der Waals surface area contributed by atoms with Crippen molar-refractivity contribution in [1.82, 2.24) is 4.90 Å². The molecule has 0 aromatic heterocycles. The van der Waals surface area contributed by atoms with Gasteiger partial charge in [-0.2, -0.15) is 0 Å². The number of likely N-dealkylation sites (N-methyl/N-ethyl adjacent to an activating group) is 1. The van der Waals surface area contributed by atoms with Gasteiger partial charge in [0.15, 0.2) is 5.75 Å². The van der Waals surface area contributed by atoms with Crippen LogP contribution in [0.5, 0.6) is 5.75 Å². The Hall–Kier alpha value is -1.82. The Kier molecular flexibility index (Phi) is 4.21. The van der Waals surface area contributed by atoms with Crippen molar-refractivity contribution in [2.45, 2.75) is 18.9 Å². The van der Waals surface area contributed by atoms with E-state index in [0.717, 1.165) is 31.6 Å². The van der Waals surface area contributed by atoms with Crippen LogP contribution in [0.2, 0.25) is 0 Å². The fourth-order valence-corrected chi connectivity index (χ4v) is 2.44. The molecule has 0 spiro atoms. The van der Waals surface area contributed by atoms with Crippen LogP contribution in [0.15, 0.2) is 18.2 Å². The molecule has 1 fully saturated rings. The van der Waals surface area contributed by atoms with Crippen LogP contribution < -0.4 is 10.1 Å². The van der Waals surface area contributed by atoms with Gasteiger partial charge in [-0.05, 0) is 32.5 Å². The van der Waals surface area contributed by atoms with Crippen molar-refractivity contribution in [3.8, 4) is 5.75 Å². The molecule has 19 heavy (non-hydrogen) atoms. The van der Waals surface area contributed by atoms with Gasteiger partial charge in [-0.25, -0.2) is 0 Å². The Morgan fingerprint density at radius 3 is 2.95 bits per heavy atom. The van der Waals surface area contributed by atoms with E-state index in [1.165, 1.54) is 13.2 Å². The van der Waals surface area contributed by atoms with Crippen LogP contribution in [0, 0.1) is 10.1 Å². The Morgan fingerprint density at radius 2 is 2.32 bits per heavy atom. The number of hydrogen-bond donors (Lipinski definition) is 1. The Bertz CT molecular complexity index is 464. The van der Waals surface area contributed by atoms with E-state index in [0.29, 0.717) is 11.8 Å². The van der Waals surface area contributed by atoms with E-state index in [1.54, 1.807) is 12.1 Å². The maximum Gasteiger partial charge on any atom is 0.311 e. The van der Waals surface area contributed by atoms with Crippen LogP contribution in [0.1, 0.15) is 12.8 Å². The number of hydrogen-bond acceptors (Lipinski definition) is 5. The third kappa shape index (κ3) is 3.35. The maximum absolute atomic E-state index is 10.8. The van der Waals surface area contributed by atoms with Crippen molar-refractivity contribution < 1.29 is 9.66 Å². The molecule has 1 aromatic carbocycles. The second-order valence-electron chi connectivity index (χ2n) is 4.89. The smallest absolute Gasteiger partial charge is 0.311 e. The second-order valence-corrected chi connectivity index (χ2v) is 4.89. The van der Waals surface area contributed by atoms with Gasteiger partial charge >= 0.3 is 5.69 Å². The van der Waals surface area contributed by atoms with Crippen molar-refractivity contribution in [2.75, 3.05) is 32.6 Å². The van der Waals surface area contributed by atoms with Crippen molar-refractivity contribution in [3.63, 3.8) is 0 Å². The third-order valence-electron chi connectivity index (χ3n) is 3.37. The van der Waals surface area contributed by atoms with E-state index in [9.17, 15) is 10.1 Å². The monoisotopic (exact) mass is 265 g/mol. The number of nitro groups is 1. The van der Waals surface area contributed by atoms with Crippen LogP contribution in [0.25, 0.3) is 0 Å². The highest BCUT2D eigenvalue weighted by Gasteiger charge is 2.19. The van der Waals surface area contributed by atoms with Crippen LogP contribution >= 0.6 is 0 Å². The minimum atomic E-state index is -0.434. The van der Waals surface area contributed by atoms with Crippen LogP contribution in [-0.4, -0.2) is 43.1 Å². The molecule has 1 atom stereocenters. The summed E-state index contributed by atoms with van der Waals surface area (Å²) in [5, 5.41) is 14.2. The first-order chi connectivity index (χ1) is 9.10. The lowest BCUT2D eigenvalue weighted by Gasteiger charge is -2.30. The predicted octanol–water partition coefficient (Wildman–Crippen LogP) is 2.11. The topological polar surface area (TPSA) is 67.6 Å². The molecule has 0 amide bonds. The number of methoxy groups -OCH3 is 1. The highest BCUT2D eigenvalue weighted by molar-refractivity contribution is 5.58. The second kappa shape index (κ2) is 5.88. The average Bonchev–Trinajstić information content (AvgIpc) is 2.38. The number of nitro benzene ring substituents is 1. The molecule has 1 N–H and O–H groups in total. The summed E-state index contributed by atoms with van der Waals surface area (Å²) in [6.07, 6.45) is 2.28. The molecule has 1 aliphatic heterocycles. The Labute approximate surface area is 112 Å². The summed E-state index contributed by atoms with van der Waals surface area (Å²) >= 11 is 0. The summed E-state index contributed by atoms with van der Waals surface area (Å²) in [5.74, 6) is 0.291. The van der Waals surface area contributed by atoms with Crippen LogP contribution in [0.4, 0.5) is 11.4 Å². The van der Waals surface area contributed by atoms with E-state index >= 15 is 0 Å². The van der Waals surface area contributed by atoms with Gasteiger partial charge in [0.05, 0.1) is 12.0 Å². The number of likely N-dealkylation sites (tertiary alicyclic amines) is 1. The minimum Gasteiger partial charge on any atom is -0.490 e. The zero-order valence-corrected chi connectivity index (χ0v) is 11.3. The number of nitrogens with zero attached hydrogens (tertiary/aromatic N) is 2. The molecule has 0 radical (unpaired) electrons. The number of benzene rings is 1. The first-order valence-corrected chi connectivity index (χ1v) is 6.37. The number of ether oxygens (including phenoxy) is 1. The lowest BCUT2D eigenvalue weighted by molar-refractivity contribution is -0.385. The van der Waals surface area contributed by atoms with Crippen molar-refractivity contribution >= 4 is 11.4 Å². The van der Waals surface area contributed by atoms with Crippen LogP contribution in [0.3, 0.4) is 0 Å². The molecule has 2 rings (SSSR count). The minimum absolute atomic E-state index is 0.00573. The normalized spacial score (nSPS) is 20.0. The quantitative estimate of drug-likeness (QED) is 0.667. The lowest BCUT2D eigenvalue weighted by Crippen LogP contribution is -2.39. The zero-order chi connectivity index (χ0) is 13.8. The average molecular weight is 265 g/mol. The lowest BCUT2D eigenvalue weighted by atomic mass is 10.1. The summed E-state index contributed by atoms with van der Waals surface area (Å²) in [4.78, 5) is 12.7. The van der Waals surface area contributed by atoms with E-state index in [-0.39, 0.29) is 5.69 Å². The number of nitrogens with one attached hydrogen (secondary N) is 1. The fraction of sp³-hybridized carbons (Fsp3) is 0.538. The number of rotatable bonds is 4. The van der Waals surface area contributed by atoms with Gasteiger partial charge in [-0.3, -0.25) is 10.1 Å². The van der Waals surface area contributed by atoms with E-state index in [4.69, 9.17) is 4.74 Å². The molecule has 0 bridgehead atoms. The van der Waals surface area contributed by atoms with Crippen molar-refractivity contribution in [3.05, 3.63) is 28.3 Å². The highest BCUT2D eigenvalue weighted by atomic mass is 16.6. The van der Waals surface area contributed by atoms with Gasteiger partial charge in [-0.1, -0.05) is 0 Å². The SMILES string of the molecule is COc1cc(NC2CCCN(C)C2)ccc1[N+](=O)[O-]. The third-order valence-corrected chi connectivity index (χ3v) is 3.37. The molecule has 6 nitrogen and oxygen atoms in total. The Morgan fingerprint density at radius 1 is 1.53 bits per heavy atom. The summed E-state index contributed by atoms with van der Waals surface area (Å²) < 4.78 is 5.07. The number of piperidine rings is 1. The molecule has 1 saturated heterocycles. The summed E-state index contributed by atoms with van der Waals surface area (Å²) in [6.45, 7) is 2.11. The van der Waals surface area contributed by atoms with Gasteiger partial charge in [-0.15, -0.1) is 0 Å². The van der Waals surface area contributed by atoms with Crippen LogP contribution in [-0.2, 0) is 0 Å².